The highest BCUT2D eigenvalue weighted by Crippen LogP contribution is 2.38. The third-order valence-corrected chi connectivity index (χ3v) is 4.29. The van der Waals surface area contributed by atoms with Gasteiger partial charge >= 0.3 is 0 Å². The molecule has 0 radical (unpaired) electrons. The van der Waals surface area contributed by atoms with Gasteiger partial charge in [-0.15, -0.1) is 0 Å². The average Bonchev–Trinajstić information content (AvgIpc) is 3.04. The van der Waals surface area contributed by atoms with Gasteiger partial charge in [0.2, 0.25) is 0 Å². The molecule has 3 rings (SSSR count). The van der Waals surface area contributed by atoms with Crippen molar-refractivity contribution in [2.24, 2.45) is 5.41 Å². The SMILES string of the molecule is Cc1cc(C(=O)N2CCC3(CCOC3)C2)oc1C. The van der Waals surface area contributed by atoms with Gasteiger partial charge in [0.1, 0.15) is 5.76 Å². The molecule has 98 valence electrons. The molecule has 1 amide bonds. The van der Waals surface area contributed by atoms with Gasteiger partial charge in [-0.25, -0.2) is 0 Å². The molecule has 0 aliphatic carbocycles. The summed E-state index contributed by atoms with van der Waals surface area (Å²) in [5.74, 6) is 1.33. The zero-order valence-corrected chi connectivity index (χ0v) is 11.0. The Kier molecular flexibility index (Phi) is 2.70. The predicted molar refractivity (Wildman–Crippen MR) is 66.6 cm³/mol. The first-order chi connectivity index (χ1) is 8.60. The zero-order chi connectivity index (χ0) is 12.8. The summed E-state index contributed by atoms with van der Waals surface area (Å²) < 4.78 is 11.0. The Morgan fingerprint density at radius 2 is 2.22 bits per heavy atom. The summed E-state index contributed by atoms with van der Waals surface area (Å²) in [7, 11) is 0. The number of ether oxygens (including phenoxy) is 1. The number of nitrogens with zero attached hydrogens (tertiary/aromatic N) is 1. The Morgan fingerprint density at radius 1 is 1.39 bits per heavy atom. The lowest BCUT2D eigenvalue weighted by Crippen LogP contribution is -2.32. The highest BCUT2D eigenvalue weighted by atomic mass is 16.5. The van der Waals surface area contributed by atoms with Crippen LogP contribution in [0.15, 0.2) is 10.5 Å². The van der Waals surface area contributed by atoms with Crippen LogP contribution in [0.3, 0.4) is 0 Å². The normalized spacial score (nSPS) is 27.3. The molecular weight excluding hydrogens is 230 g/mol. The van der Waals surface area contributed by atoms with Crippen molar-refractivity contribution in [2.45, 2.75) is 26.7 Å². The molecule has 18 heavy (non-hydrogen) atoms. The third-order valence-electron chi connectivity index (χ3n) is 4.29. The molecule has 2 aliphatic heterocycles. The summed E-state index contributed by atoms with van der Waals surface area (Å²) >= 11 is 0. The summed E-state index contributed by atoms with van der Waals surface area (Å²) in [5.41, 5.74) is 1.25. The number of hydrogen-bond acceptors (Lipinski definition) is 3. The van der Waals surface area contributed by atoms with Crippen LogP contribution in [0.2, 0.25) is 0 Å². The second-order valence-corrected chi connectivity index (χ2v) is 5.63. The Hall–Kier alpha value is -1.29. The minimum atomic E-state index is 0.0231. The van der Waals surface area contributed by atoms with E-state index in [1.54, 1.807) is 0 Å². The van der Waals surface area contributed by atoms with E-state index in [1.165, 1.54) is 0 Å². The lowest BCUT2D eigenvalue weighted by molar-refractivity contribution is 0.0733. The largest absolute Gasteiger partial charge is 0.456 e. The Bertz CT molecular complexity index is 452. The number of likely N-dealkylation sites (tertiary alicyclic amines) is 1. The second kappa shape index (κ2) is 4.12. The summed E-state index contributed by atoms with van der Waals surface area (Å²) in [6, 6.07) is 1.84. The maximum atomic E-state index is 12.3. The van der Waals surface area contributed by atoms with Crippen LogP contribution in [-0.4, -0.2) is 37.1 Å². The van der Waals surface area contributed by atoms with Crippen molar-refractivity contribution in [3.63, 3.8) is 0 Å². The van der Waals surface area contributed by atoms with Gasteiger partial charge in [0, 0.05) is 25.1 Å². The number of aryl methyl sites for hydroxylation is 2. The Morgan fingerprint density at radius 3 is 2.83 bits per heavy atom. The van der Waals surface area contributed by atoms with Crippen molar-refractivity contribution in [2.75, 3.05) is 26.3 Å². The van der Waals surface area contributed by atoms with E-state index in [0.29, 0.717) is 5.76 Å². The van der Waals surface area contributed by atoms with E-state index in [1.807, 2.05) is 24.8 Å². The van der Waals surface area contributed by atoms with Crippen molar-refractivity contribution >= 4 is 5.91 Å². The summed E-state index contributed by atoms with van der Waals surface area (Å²) in [6.45, 7) is 7.12. The van der Waals surface area contributed by atoms with E-state index >= 15 is 0 Å². The van der Waals surface area contributed by atoms with Crippen LogP contribution in [0.4, 0.5) is 0 Å². The van der Waals surface area contributed by atoms with Gasteiger partial charge in [-0.2, -0.15) is 0 Å². The van der Waals surface area contributed by atoms with Gasteiger partial charge in [0.15, 0.2) is 5.76 Å². The van der Waals surface area contributed by atoms with E-state index in [4.69, 9.17) is 9.15 Å². The molecule has 1 spiro atoms. The molecule has 3 heterocycles. The number of carbonyl (C=O) groups is 1. The molecule has 1 unspecified atom stereocenters. The number of rotatable bonds is 1. The summed E-state index contributed by atoms with van der Waals surface area (Å²) in [5, 5.41) is 0. The van der Waals surface area contributed by atoms with Gasteiger partial charge < -0.3 is 14.1 Å². The fourth-order valence-corrected chi connectivity index (χ4v) is 2.91. The van der Waals surface area contributed by atoms with E-state index in [0.717, 1.165) is 50.5 Å². The van der Waals surface area contributed by atoms with Gasteiger partial charge in [0.25, 0.3) is 5.91 Å². The van der Waals surface area contributed by atoms with Crippen LogP contribution in [-0.2, 0) is 4.74 Å². The minimum Gasteiger partial charge on any atom is -0.456 e. The summed E-state index contributed by atoms with van der Waals surface area (Å²) in [6.07, 6.45) is 2.13. The molecular formula is C14H19NO3. The summed E-state index contributed by atoms with van der Waals surface area (Å²) in [4.78, 5) is 14.3. The van der Waals surface area contributed by atoms with Crippen molar-refractivity contribution in [1.82, 2.24) is 4.90 Å². The van der Waals surface area contributed by atoms with Gasteiger partial charge in [-0.1, -0.05) is 0 Å². The van der Waals surface area contributed by atoms with E-state index in [9.17, 15) is 4.79 Å². The van der Waals surface area contributed by atoms with Gasteiger partial charge in [0.05, 0.1) is 6.61 Å². The molecule has 4 nitrogen and oxygen atoms in total. The number of hydrogen-bond donors (Lipinski definition) is 0. The topological polar surface area (TPSA) is 42.7 Å². The molecule has 0 bridgehead atoms. The van der Waals surface area contributed by atoms with Crippen LogP contribution in [0.5, 0.6) is 0 Å². The van der Waals surface area contributed by atoms with Crippen LogP contribution >= 0.6 is 0 Å². The second-order valence-electron chi connectivity index (χ2n) is 5.63. The maximum Gasteiger partial charge on any atom is 0.289 e. The van der Waals surface area contributed by atoms with E-state index in [-0.39, 0.29) is 11.3 Å². The van der Waals surface area contributed by atoms with Crippen LogP contribution in [0.25, 0.3) is 0 Å². The first kappa shape index (κ1) is 11.8. The zero-order valence-electron chi connectivity index (χ0n) is 11.0. The van der Waals surface area contributed by atoms with Crippen LogP contribution in [0, 0.1) is 19.3 Å². The third kappa shape index (κ3) is 1.85. The van der Waals surface area contributed by atoms with Crippen LogP contribution in [0.1, 0.15) is 34.7 Å². The Balaban J connectivity index is 1.74. The monoisotopic (exact) mass is 249 g/mol. The smallest absolute Gasteiger partial charge is 0.289 e. The lowest BCUT2D eigenvalue weighted by atomic mass is 9.87. The number of amides is 1. The molecule has 2 fully saturated rings. The van der Waals surface area contributed by atoms with E-state index in [2.05, 4.69) is 0 Å². The molecule has 4 heteroatoms. The number of carbonyl (C=O) groups excluding carboxylic acids is 1. The van der Waals surface area contributed by atoms with Crippen molar-refractivity contribution in [3.8, 4) is 0 Å². The predicted octanol–water partition coefficient (Wildman–Crippen LogP) is 2.15. The highest BCUT2D eigenvalue weighted by Gasteiger charge is 2.43. The minimum absolute atomic E-state index is 0.0231. The molecule has 1 aromatic heterocycles. The first-order valence-corrected chi connectivity index (χ1v) is 6.54. The molecule has 0 N–H and O–H groups in total. The standard InChI is InChI=1S/C14H19NO3/c1-10-7-12(18-11(10)2)13(16)15-5-3-14(8-15)4-6-17-9-14/h7H,3-6,8-9H2,1-2H3. The molecule has 1 aromatic rings. The van der Waals surface area contributed by atoms with Crippen LogP contribution < -0.4 is 0 Å². The van der Waals surface area contributed by atoms with Gasteiger partial charge in [-0.05, 0) is 38.3 Å². The van der Waals surface area contributed by atoms with Gasteiger partial charge in [-0.3, -0.25) is 4.79 Å². The molecule has 0 saturated carbocycles. The van der Waals surface area contributed by atoms with Crippen molar-refractivity contribution in [3.05, 3.63) is 23.2 Å². The molecule has 2 aliphatic rings. The quantitative estimate of drug-likeness (QED) is 0.766. The number of furan rings is 1. The fraction of sp³-hybridized carbons (Fsp3) is 0.643. The molecule has 1 atom stereocenters. The molecule has 0 aromatic carbocycles. The molecule has 2 saturated heterocycles. The first-order valence-electron chi connectivity index (χ1n) is 6.54. The Labute approximate surface area is 107 Å². The van der Waals surface area contributed by atoms with Crippen molar-refractivity contribution < 1.29 is 13.9 Å². The van der Waals surface area contributed by atoms with Crippen molar-refractivity contribution in [1.29, 1.82) is 0 Å². The maximum absolute atomic E-state index is 12.3. The highest BCUT2D eigenvalue weighted by molar-refractivity contribution is 5.92. The lowest BCUT2D eigenvalue weighted by Gasteiger charge is -2.21. The van der Waals surface area contributed by atoms with E-state index < -0.39 is 0 Å². The fourth-order valence-electron chi connectivity index (χ4n) is 2.91. The average molecular weight is 249 g/mol.